The number of aliphatic hydroxyl groups excluding tert-OH is 1. The van der Waals surface area contributed by atoms with Crippen molar-refractivity contribution in [3.8, 4) is 5.75 Å². The van der Waals surface area contributed by atoms with Gasteiger partial charge in [-0.3, -0.25) is 0 Å². The Balaban J connectivity index is 1.67. The van der Waals surface area contributed by atoms with Crippen LogP contribution in [0.15, 0.2) is 30.5 Å². The molecular formula is C16H15F3N2O2. The van der Waals surface area contributed by atoms with Gasteiger partial charge in [0.05, 0.1) is 12.3 Å². The van der Waals surface area contributed by atoms with E-state index in [9.17, 15) is 18.3 Å². The first-order valence-corrected chi connectivity index (χ1v) is 7.18. The number of aliphatic hydroxyl groups is 1. The normalized spacial score (nSPS) is 17.6. The number of ether oxygens (including phenoxy) is 1. The van der Waals surface area contributed by atoms with E-state index in [0.717, 1.165) is 12.1 Å². The molecule has 1 aromatic heterocycles. The summed E-state index contributed by atoms with van der Waals surface area (Å²) in [6.45, 7) is 0.860. The van der Waals surface area contributed by atoms with Crippen molar-refractivity contribution in [3.05, 3.63) is 53.5 Å². The van der Waals surface area contributed by atoms with Crippen LogP contribution in [0.1, 0.15) is 12.0 Å². The highest BCUT2D eigenvalue weighted by Gasteiger charge is 2.24. The summed E-state index contributed by atoms with van der Waals surface area (Å²) in [6, 6.07) is 4.61. The Morgan fingerprint density at radius 3 is 2.65 bits per heavy atom. The lowest BCUT2D eigenvalue weighted by atomic mass is 10.2. The smallest absolute Gasteiger partial charge is 0.169 e. The standard InChI is InChI=1S/C16H15F3N2O2/c17-13-2-1-10(5-14(13)18)9-23-12-6-15(19)16(20-7-12)21-4-3-11(22)8-21/h1-2,5-7,11,22H,3-4,8-9H2/t11-/m1/s1. The third kappa shape index (κ3) is 3.56. The molecule has 1 fully saturated rings. The highest BCUT2D eigenvalue weighted by atomic mass is 19.2. The number of β-amino-alcohol motifs (C(OH)–C–C–N with tert-alkyl or cyclic N) is 1. The van der Waals surface area contributed by atoms with Gasteiger partial charge >= 0.3 is 0 Å². The first-order valence-electron chi connectivity index (χ1n) is 7.18. The Bertz CT molecular complexity index is 712. The molecule has 0 unspecified atom stereocenters. The van der Waals surface area contributed by atoms with Gasteiger partial charge in [0, 0.05) is 19.2 Å². The molecule has 7 heteroatoms. The molecule has 23 heavy (non-hydrogen) atoms. The van der Waals surface area contributed by atoms with E-state index in [1.165, 1.54) is 18.3 Å². The molecule has 0 amide bonds. The van der Waals surface area contributed by atoms with Crippen molar-refractivity contribution in [1.29, 1.82) is 0 Å². The average Bonchev–Trinajstić information content (AvgIpc) is 2.95. The number of hydrogen-bond acceptors (Lipinski definition) is 4. The van der Waals surface area contributed by atoms with Crippen molar-refractivity contribution in [2.24, 2.45) is 0 Å². The van der Waals surface area contributed by atoms with E-state index >= 15 is 0 Å². The minimum atomic E-state index is -0.960. The minimum absolute atomic E-state index is 0.0277. The van der Waals surface area contributed by atoms with Crippen molar-refractivity contribution < 1.29 is 23.0 Å². The monoisotopic (exact) mass is 324 g/mol. The maximum absolute atomic E-state index is 14.1. The van der Waals surface area contributed by atoms with Crippen LogP contribution in [0.2, 0.25) is 0 Å². The van der Waals surface area contributed by atoms with Crippen molar-refractivity contribution >= 4 is 5.82 Å². The molecule has 0 radical (unpaired) electrons. The van der Waals surface area contributed by atoms with Crippen LogP contribution in [-0.4, -0.2) is 29.3 Å². The third-order valence-electron chi connectivity index (χ3n) is 3.65. The van der Waals surface area contributed by atoms with Crippen LogP contribution < -0.4 is 9.64 Å². The molecular weight excluding hydrogens is 309 g/mol. The van der Waals surface area contributed by atoms with Crippen LogP contribution >= 0.6 is 0 Å². The molecule has 1 aliphatic heterocycles. The van der Waals surface area contributed by atoms with Crippen LogP contribution in [0.5, 0.6) is 5.75 Å². The molecule has 1 N–H and O–H groups in total. The SMILES string of the molecule is O[C@@H]1CCN(c2ncc(OCc3ccc(F)c(F)c3)cc2F)C1. The van der Waals surface area contributed by atoms with Gasteiger partial charge in [-0.15, -0.1) is 0 Å². The van der Waals surface area contributed by atoms with Gasteiger partial charge in [0.1, 0.15) is 12.4 Å². The predicted molar refractivity (Wildman–Crippen MR) is 77.7 cm³/mol. The van der Waals surface area contributed by atoms with Gasteiger partial charge in [0.25, 0.3) is 0 Å². The number of anilines is 1. The first kappa shape index (κ1) is 15.6. The molecule has 4 nitrogen and oxygen atoms in total. The summed E-state index contributed by atoms with van der Waals surface area (Å²) in [5.41, 5.74) is 0.427. The molecule has 2 aromatic rings. The van der Waals surface area contributed by atoms with Gasteiger partial charge < -0.3 is 14.7 Å². The van der Waals surface area contributed by atoms with E-state index in [1.54, 1.807) is 4.90 Å². The molecule has 0 aliphatic carbocycles. The first-order chi connectivity index (χ1) is 11.0. The lowest BCUT2D eigenvalue weighted by Gasteiger charge is -2.17. The van der Waals surface area contributed by atoms with E-state index in [4.69, 9.17) is 4.74 Å². The lowest BCUT2D eigenvalue weighted by molar-refractivity contribution is 0.198. The fourth-order valence-corrected chi connectivity index (χ4v) is 2.46. The molecule has 1 saturated heterocycles. The third-order valence-corrected chi connectivity index (χ3v) is 3.65. The van der Waals surface area contributed by atoms with E-state index < -0.39 is 23.6 Å². The number of nitrogens with zero attached hydrogens (tertiary/aromatic N) is 2. The number of benzene rings is 1. The number of pyridine rings is 1. The quantitative estimate of drug-likeness (QED) is 0.939. The van der Waals surface area contributed by atoms with Crippen LogP contribution in [-0.2, 0) is 6.61 Å². The molecule has 0 spiro atoms. The summed E-state index contributed by atoms with van der Waals surface area (Å²) in [7, 11) is 0. The van der Waals surface area contributed by atoms with Gasteiger partial charge in [-0.25, -0.2) is 18.2 Å². The summed E-state index contributed by atoms with van der Waals surface area (Å²) >= 11 is 0. The fourth-order valence-electron chi connectivity index (χ4n) is 2.46. The van der Waals surface area contributed by atoms with Crippen molar-refractivity contribution in [2.45, 2.75) is 19.1 Å². The Morgan fingerprint density at radius 2 is 2.00 bits per heavy atom. The fraction of sp³-hybridized carbons (Fsp3) is 0.312. The van der Waals surface area contributed by atoms with Crippen LogP contribution in [0.4, 0.5) is 19.0 Å². The Morgan fingerprint density at radius 1 is 1.17 bits per heavy atom. The highest BCUT2D eigenvalue weighted by molar-refractivity contribution is 5.43. The van der Waals surface area contributed by atoms with Crippen LogP contribution in [0.25, 0.3) is 0 Å². The molecule has 1 aromatic carbocycles. The largest absolute Gasteiger partial charge is 0.487 e. The molecule has 0 saturated carbocycles. The summed E-state index contributed by atoms with van der Waals surface area (Å²) in [5, 5.41) is 9.48. The summed E-state index contributed by atoms with van der Waals surface area (Å²) in [5.74, 6) is -2.09. The second-order valence-electron chi connectivity index (χ2n) is 5.40. The van der Waals surface area contributed by atoms with Gasteiger partial charge in [-0.05, 0) is 24.1 Å². The molecule has 1 aliphatic rings. The Kier molecular flexibility index (Phi) is 4.38. The van der Waals surface area contributed by atoms with Gasteiger partial charge in [-0.2, -0.15) is 0 Å². The highest BCUT2D eigenvalue weighted by Crippen LogP contribution is 2.24. The average molecular weight is 324 g/mol. The number of halogens is 3. The zero-order chi connectivity index (χ0) is 16.4. The van der Waals surface area contributed by atoms with E-state index in [2.05, 4.69) is 4.98 Å². The van der Waals surface area contributed by atoms with Crippen LogP contribution in [0, 0.1) is 17.5 Å². The van der Waals surface area contributed by atoms with Gasteiger partial charge in [-0.1, -0.05) is 6.07 Å². The van der Waals surface area contributed by atoms with E-state index in [0.29, 0.717) is 25.1 Å². The zero-order valence-electron chi connectivity index (χ0n) is 12.2. The Hall–Kier alpha value is -2.28. The maximum Gasteiger partial charge on any atom is 0.169 e. The predicted octanol–water partition coefficient (Wildman–Crippen LogP) is 2.65. The molecule has 1 atom stereocenters. The molecule has 3 rings (SSSR count). The Labute approximate surface area is 131 Å². The molecule has 0 bridgehead atoms. The lowest BCUT2D eigenvalue weighted by Crippen LogP contribution is -2.23. The summed E-state index contributed by atoms with van der Waals surface area (Å²) in [6.07, 6.45) is 1.47. The molecule has 2 heterocycles. The van der Waals surface area contributed by atoms with Gasteiger partial charge in [0.15, 0.2) is 23.3 Å². The second-order valence-corrected chi connectivity index (χ2v) is 5.40. The zero-order valence-corrected chi connectivity index (χ0v) is 12.2. The number of rotatable bonds is 4. The number of hydrogen-bond donors (Lipinski definition) is 1. The van der Waals surface area contributed by atoms with Gasteiger partial charge in [0.2, 0.25) is 0 Å². The van der Waals surface area contributed by atoms with E-state index in [-0.39, 0.29) is 18.2 Å². The summed E-state index contributed by atoms with van der Waals surface area (Å²) < 4.78 is 45.4. The maximum atomic E-state index is 14.1. The minimum Gasteiger partial charge on any atom is -0.487 e. The van der Waals surface area contributed by atoms with Crippen molar-refractivity contribution in [2.75, 3.05) is 18.0 Å². The van der Waals surface area contributed by atoms with Crippen molar-refractivity contribution in [1.82, 2.24) is 4.98 Å². The topological polar surface area (TPSA) is 45.6 Å². The van der Waals surface area contributed by atoms with E-state index in [1.807, 2.05) is 0 Å². The number of aromatic nitrogens is 1. The molecule has 122 valence electrons. The summed E-state index contributed by atoms with van der Waals surface area (Å²) in [4.78, 5) is 5.69. The van der Waals surface area contributed by atoms with Crippen molar-refractivity contribution in [3.63, 3.8) is 0 Å². The van der Waals surface area contributed by atoms with Crippen LogP contribution in [0.3, 0.4) is 0 Å². The second kappa shape index (κ2) is 6.45.